The van der Waals surface area contributed by atoms with Crippen LogP contribution in [0.15, 0.2) is 0 Å². The van der Waals surface area contributed by atoms with E-state index in [1.165, 1.54) is 7.11 Å². The van der Waals surface area contributed by atoms with E-state index in [1.54, 1.807) is 6.92 Å². The molecule has 0 N–H and O–H groups in total. The van der Waals surface area contributed by atoms with Gasteiger partial charge in [0, 0.05) is 6.54 Å². The van der Waals surface area contributed by atoms with E-state index >= 15 is 0 Å². The number of ether oxygens (including phenoxy) is 1. The molecule has 0 fully saturated rings. The fourth-order valence-corrected chi connectivity index (χ4v) is 1.48. The van der Waals surface area contributed by atoms with Crippen LogP contribution >= 0.6 is 0 Å². The minimum absolute atomic E-state index is 0.216. The summed E-state index contributed by atoms with van der Waals surface area (Å²) in [5.74, 6) is -0.553. The second-order valence-corrected chi connectivity index (χ2v) is 4.25. The highest BCUT2D eigenvalue weighted by atomic mass is 32.2. The SMILES string of the molecule is CCN(CC(=O)OC)S(C)(=O)=O. The summed E-state index contributed by atoms with van der Waals surface area (Å²) in [6.45, 7) is 1.71. The Morgan fingerprint density at radius 3 is 2.25 bits per heavy atom. The summed E-state index contributed by atoms with van der Waals surface area (Å²) in [6, 6.07) is 0. The summed E-state index contributed by atoms with van der Waals surface area (Å²) >= 11 is 0. The van der Waals surface area contributed by atoms with Gasteiger partial charge in [-0.3, -0.25) is 4.79 Å². The smallest absolute Gasteiger partial charge is 0.321 e. The molecule has 0 spiro atoms. The molecule has 0 aromatic rings. The van der Waals surface area contributed by atoms with E-state index in [-0.39, 0.29) is 13.1 Å². The van der Waals surface area contributed by atoms with E-state index in [1.807, 2.05) is 0 Å². The number of hydrogen-bond donors (Lipinski definition) is 0. The van der Waals surface area contributed by atoms with Gasteiger partial charge in [-0.2, -0.15) is 4.31 Å². The highest BCUT2D eigenvalue weighted by molar-refractivity contribution is 7.88. The molecule has 72 valence electrons. The molecule has 0 aromatic carbocycles. The van der Waals surface area contributed by atoms with E-state index in [2.05, 4.69) is 4.74 Å². The lowest BCUT2D eigenvalue weighted by atomic mass is 10.6. The molecule has 6 heteroatoms. The molecule has 0 aliphatic heterocycles. The first kappa shape index (κ1) is 11.4. The third-order valence-corrected chi connectivity index (χ3v) is 2.68. The van der Waals surface area contributed by atoms with Crippen molar-refractivity contribution in [3.63, 3.8) is 0 Å². The lowest BCUT2D eigenvalue weighted by molar-refractivity contribution is -0.140. The van der Waals surface area contributed by atoms with Crippen LogP contribution in [0.5, 0.6) is 0 Å². The van der Waals surface area contributed by atoms with Crippen molar-refractivity contribution < 1.29 is 17.9 Å². The van der Waals surface area contributed by atoms with Gasteiger partial charge in [0.1, 0.15) is 6.54 Å². The number of likely N-dealkylation sites (N-methyl/N-ethyl adjacent to an activating group) is 1. The van der Waals surface area contributed by atoms with Crippen LogP contribution in [0.2, 0.25) is 0 Å². The van der Waals surface area contributed by atoms with Gasteiger partial charge in [0.25, 0.3) is 0 Å². The minimum atomic E-state index is -3.29. The van der Waals surface area contributed by atoms with Crippen LogP contribution in [0, 0.1) is 0 Å². The largest absolute Gasteiger partial charge is 0.468 e. The van der Waals surface area contributed by atoms with Crippen LogP contribution < -0.4 is 0 Å². The Hall–Kier alpha value is -0.620. The summed E-state index contributed by atoms with van der Waals surface area (Å²) in [5, 5.41) is 0. The summed E-state index contributed by atoms with van der Waals surface area (Å²) in [7, 11) is -2.07. The number of nitrogens with zero attached hydrogens (tertiary/aromatic N) is 1. The van der Waals surface area contributed by atoms with Crippen molar-refractivity contribution in [2.75, 3.05) is 26.5 Å². The molecule has 0 aliphatic rings. The Kier molecular flexibility index (Phi) is 4.19. The molecule has 0 amide bonds. The zero-order valence-corrected chi connectivity index (χ0v) is 8.22. The van der Waals surface area contributed by atoms with Crippen molar-refractivity contribution in [2.24, 2.45) is 0 Å². The molecule has 0 rings (SSSR count). The molecule has 0 aliphatic carbocycles. The summed E-state index contributed by atoms with van der Waals surface area (Å²) < 4.78 is 27.2. The maximum Gasteiger partial charge on any atom is 0.321 e. The topological polar surface area (TPSA) is 63.7 Å². The lowest BCUT2D eigenvalue weighted by Crippen LogP contribution is -2.35. The van der Waals surface area contributed by atoms with Gasteiger partial charge in [0.2, 0.25) is 10.0 Å². The number of sulfonamides is 1. The highest BCUT2D eigenvalue weighted by Gasteiger charge is 2.17. The van der Waals surface area contributed by atoms with E-state index in [0.29, 0.717) is 0 Å². The second-order valence-electron chi connectivity index (χ2n) is 2.27. The molecular formula is C6H13NO4S. The van der Waals surface area contributed by atoms with Crippen molar-refractivity contribution in [2.45, 2.75) is 6.92 Å². The standard InChI is InChI=1S/C6H13NO4S/c1-4-7(12(3,9)10)5-6(8)11-2/h4-5H2,1-3H3. The van der Waals surface area contributed by atoms with Gasteiger partial charge >= 0.3 is 5.97 Å². The van der Waals surface area contributed by atoms with Gasteiger partial charge in [0.15, 0.2) is 0 Å². The Labute approximate surface area is 72.4 Å². The quantitative estimate of drug-likeness (QED) is 0.564. The number of carbonyl (C=O) groups excluding carboxylic acids is 1. The first-order valence-corrected chi connectivity index (χ1v) is 5.28. The van der Waals surface area contributed by atoms with Crippen LogP contribution in [0.4, 0.5) is 0 Å². The third-order valence-electron chi connectivity index (χ3n) is 1.35. The molecule has 0 radical (unpaired) electrons. The monoisotopic (exact) mass is 195 g/mol. The van der Waals surface area contributed by atoms with E-state index < -0.39 is 16.0 Å². The second kappa shape index (κ2) is 4.42. The Balaban J connectivity index is 4.30. The van der Waals surface area contributed by atoms with Crippen LogP contribution in [0.25, 0.3) is 0 Å². The molecule has 0 atom stereocenters. The van der Waals surface area contributed by atoms with Crippen molar-refractivity contribution >= 4 is 16.0 Å². The molecule has 12 heavy (non-hydrogen) atoms. The van der Waals surface area contributed by atoms with Gasteiger partial charge in [-0.25, -0.2) is 8.42 Å². The zero-order chi connectivity index (χ0) is 9.78. The normalized spacial score (nSPS) is 11.7. The van der Waals surface area contributed by atoms with E-state index in [9.17, 15) is 13.2 Å². The first-order valence-electron chi connectivity index (χ1n) is 3.43. The molecule has 0 heterocycles. The molecule has 0 saturated carbocycles. The van der Waals surface area contributed by atoms with Crippen LogP contribution in [-0.2, 0) is 19.6 Å². The molecule has 0 aromatic heterocycles. The minimum Gasteiger partial charge on any atom is -0.468 e. The van der Waals surface area contributed by atoms with Crippen molar-refractivity contribution in [3.8, 4) is 0 Å². The molecule has 0 bridgehead atoms. The lowest BCUT2D eigenvalue weighted by Gasteiger charge is -2.15. The van der Waals surface area contributed by atoms with Crippen LogP contribution in [-0.4, -0.2) is 45.1 Å². The number of carbonyl (C=O) groups is 1. The number of rotatable bonds is 4. The number of methoxy groups -OCH3 is 1. The Morgan fingerprint density at radius 1 is 1.50 bits per heavy atom. The van der Waals surface area contributed by atoms with Gasteiger partial charge in [0.05, 0.1) is 13.4 Å². The van der Waals surface area contributed by atoms with Crippen molar-refractivity contribution in [3.05, 3.63) is 0 Å². The average molecular weight is 195 g/mol. The van der Waals surface area contributed by atoms with Crippen LogP contribution in [0.1, 0.15) is 6.92 Å². The Morgan fingerprint density at radius 2 is 2.00 bits per heavy atom. The zero-order valence-electron chi connectivity index (χ0n) is 7.40. The summed E-state index contributed by atoms with van der Waals surface area (Å²) in [5.41, 5.74) is 0. The molecular weight excluding hydrogens is 182 g/mol. The van der Waals surface area contributed by atoms with Crippen molar-refractivity contribution in [1.82, 2.24) is 4.31 Å². The van der Waals surface area contributed by atoms with Crippen LogP contribution in [0.3, 0.4) is 0 Å². The third kappa shape index (κ3) is 3.68. The van der Waals surface area contributed by atoms with Crippen molar-refractivity contribution in [1.29, 1.82) is 0 Å². The first-order chi connectivity index (χ1) is 5.41. The fraction of sp³-hybridized carbons (Fsp3) is 0.833. The number of hydrogen-bond acceptors (Lipinski definition) is 4. The summed E-state index contributed by atoms with van der Waals surface area (Å²) in [6.07, 6.45) is 1.06. The maximum atomic E-state index is 10.9. The molecule has 0 saturated heterocycles. The Bertz CT molecular complexity index is 246. The number of esters is 1. The fourth-order valence-electron chi connectivity index (χ4n) is 0.672. The predicted octanol–water partition coefficient (Wildman–Crippen LogP) is -0.559. The van der Waals surface area contributed by atoms with Gasteiger partial charge in [-0.05, 0) is 0 Å². The summed E-state index contributed by atoms with van der Waals surface area (Å²) in [4.78, 5) is 10.7. The average Bonchev–Trinajstić information content (AvgIpc) is 1.97. The molecule has 0 unspecified atom stereocenters. The van der Waals surface area contributed by atoms with E-state index in [0.717, 1.165) is 10.6 Å². The molecule has 5 nitrogen and oxygen atoms in total. The maximum absolute atomic E-state index is 10.9. The highest BCUT2D eigenvalue weighted by Crippen LogP contribution is 1.96. The van der Waals surface area contributed by atoms with Gasteiger partial charge in [-0.1, -0.05) is 6.92 Å². The van der Waals surface area contributed by atoms with E-state index in [4.69, 9.17) is 0 Å². The van der Waals surface area contributed by atoms with Gasteiger partial charge in [-0.15, -0.1) is 0 Å². The predicted molar refractivity (Wildman–Crippen MR) is 44.1 cm³/mol. The van der Waals surface area contributed by atoms with Gasteiger partial charge < -0.3 is 4.74 Å².